The summed E-state index contributed by atoms with van der Waals surface area (Å²) >= 11 is 7.00. The summed E-state index contributed by atoms with van der Waals surface area (Å²) in [5.41, 5.74) is 1.59. The molecule has 0 saturated carbocycles. The highest BCUT2D eigenvalue weighted by Gasteiger charge is 2.19. The molecule has 0 aliphatic heterocycles. The fraction of sp³-hybridized carbons (Fsp3) is 0.211. The van der Waals surface area contributed by atoms with Crippen LogP contribution in [0.1, 0.15) is 16.1 Å². The van der Waals surface area contributed by atoms with Crippen molar-refractivity contribution < 1.29 is 17.9 Å². The first kappa shape index (κ1) is 21.2. The molecule has 0 spiro atoms. The van der Waals surface area contributed by atoms with Gasteiger partial charge in [-0.3, -0.25) is 10.1 Å². The second-order valence-electron chi connectivity index (χ2n) is 6.23. The third-order valence-electron chi connectivity index (χ3n) is 3.88. The van der Waals surface area contributed by atoms with Crippen molar-refractivity contribution in [2.24, 2.45) is 0 Å². The van der Waals surface area contributed by atoms with E-state index < -0.39 is 21.5 Å². The number of amides is 1. The number of benzene rings is 2. The van der Waals surface area contributed by atoms with Gasteiger partial charge in [-0.05, 0) is 35.4 Å². The predicted molar refractivity (Wildman–Crippen MR) is 113 cm³/mol. The topological polar surface area (TPSA) is 98.2 Å². The van der Waals surface area contributed by atoms with Crippen LogP contribution in [0, 0.1) is 0 Å². The van der Waals surface area contributed by atoms with Crippen LogP contribution in [0.5, 0.6) is 5.75 Å². The first-order valence-corrected chi connectivity index (χ1v) is 11.5. The second kappa shape index (κ2) is 9.34. The van der Waals surface area contributed by atoms with Gasteiger partial charge in [0.1, 0.15) is 16.5 Å². The normalized spacial score (nSPS) is 11.2. The van der Waals surface area contributed by atoms with Gasteiger partial charge in [0.05, 0.1) is 12.9 Å². The van der Waals surface area contributed by atoms with Gasteiger partial charge in [-0.2, -0.15) is 0 Å². The fourth-order valence-electron chi connectivity index (χ4n) is 2.53. The second-order valence-corrected chi connectivity index (χ2v) is 9.80. The third-order valence-corrected chi connectivity index (χ3v) is 6.44. The van der Waals surface area contributed by atoms with Crippen molar-refractivity contribution in [1.29, 1.82) is 0 Å². The Balaban J connectivity index is 1.55. The zero-order chi connectivity index (χ0) is 20.9. The molecule has 7 nitrogen and oxygen atoms in total. The Kier molecular flexibility index (Phi) is 6.83. The summed E-state index contributed by atoms with van der Waals surface area (Å²) in [4.78, 5) is 12.1. The van der Waals surface area contributed by atoms with Crippen molar-refractivity contribution >= 4 is 43.8 Å². The van der Waals surface area contributed by atoms with Crippen LogP contribution in [0.3, 0.4) is 0 Å². The monoisotopic (exact) mass is 451 g/mol. The molecule has 0 aliphatic rings. The molecule has 0 radical (unpaired) electrons. The highest BCUT2D eigenvalue weighted by Crippen LogP contribution is 2.20. The number of hydrogen-bond donors (Lipinski definition) is 1. The first-order valence-electron chi connectivity index (χ1n) is 8.53. The summed E-state index contributed by atoms with van der Waals surface area (Å²) in [7, 11) is -2.02. The zero-order valence-electron chi connectivity index (χ0n) is 15.5. The van der Waals surface area contributed by atoms with E-state index in [4.69, 9.17) is 16.3 Å². The van der Waals surface area contributed by atoms with Crippen LogP contribution in [0.4, 0.5) is 5.13 Å². The summed E-state index contributed by atoms with van der Waals surface area (Å²) in [6.07, 6.45) is 0.548. The molecule has 1 N–H and O–H groups in total. The average molecular weight is 452 g/mol. The molecular weight excluding hydrogens is 434 g/mol. The van der Waals surface area contributed by atoms with Gasteiger partial charge in [0, 0.05) is 11.4 Å². The van der Waals surface area contributed by atoms with Crippen molar-refractivity contribution in [3.05, 3.63) is 69.7 Å². The summed E-state index contributed by atoms with van der Waals surface area (Å²) in [5, 5.41) is 11.9. The van der Waals surface area contributed by atoms with E-state index in [0.29, 0.717) is 22.0 Å². The van der Waals surface area contributed by atoms with Crippen LogP contribution in [-0.2, 0) is 26.8 Å². The van der Waals surface area contributed by atoms with Gasteiger partial charge in [-0.1, -0.05) is 47.2 Å². The van der Waals surface area contributed by atoms with E-state index in [9.17, 15) is 13.2 Å². The van der Waals surface area contributed by atoms with E-state index >= 15 is 0 Å². The largest absolute Gasteiger partial charge is 0.497 e. The number of anilines is 1. The lowest BCUT2D eigenvalue weighted by Gasteiger charge is -2.04. The minimum absolute atomic E-state index is 0.240. The SMILES string of the molecule is COc1ccc(Cc2nnc(NC(=O)CS(=O)(=O)Cc3ccc(Cl)cc3)s2)cc1. The third kappa shape index (κ3) is 6.52. The molecule has 3 aromatic rings. The molecule has 0 fully saturated rings. The zero-order valence-corrected chi connectivity index (χ0v) is 17.9. The summed E-state index contributed by atoms with van der Waals surface area (Å²) < 4.78 is 29.6. The fourth-order valence-corrected chi connectivity index (χ4v) is 4.72. The molecule has 10 heteroatoms. The number of carbonyl (C=O) groups excluding carboxylic acids is 1. The molecule has 0 bridgehead atoms. The standard InChI is InChI=1S/C19H18ClN3O4S2/c1-27-16-8-4-13(5-9-16)10-18-22-23-19(28-18)21-17(24)12-29(25,26)11-14-2-6-15(20)7-3-14/h2-9H,10-12H2,1H3,(H,21,23,24). The Morgan fingerprint density at radius 1 is 1.07 bits per heavy atom. The number of carbonyl (C=O) groups is 1. The molecule has 0 unspecified atom stereocenters. The number of sulfone groups is 1. The Bertz CT molecular complexity index is 1080. The molecule has 1 amide bonds. The van der Waals surface area contributed by atoms with Crippen molar-refractivity contribution in [1.82, 2.24) is 10.2 Å². The number of nitrogens with one attached hydrogen (secondary N) is 1. The smallest absolute Gasteiger partial charge is 0.241 e. The van der Waals surface area contributed by atoms with E-state index in [2.05, 4.69) is 15.5 Å². The van der Waals surface area contributed by atoms with E-state index in [1.54, 1.807) is 31.4 Å². The summed E-state index contributed by atoms with van der Waals surface area (Å²) in [6, 6.07) is 14.0. The number of hydrogen-bond acceptors (Lipinski definition) is 7. The number of nitrogens with zero attached hydrogens (tertiary/aromatic N) is 2. The minimum atomic E-state index is -3.63. The van der Waals surface area contributed by atoms with Crippen LogP contribution < -0.4 is 10.1 Å². The molecule has 1 aromatic heterocycles. The van der Waals surface area contributed by atoms with Gasteiger partial charge in [0.25, 0.3) is 0 Å². The van der Waals surface area contributed by atoms with Gasteiger partial charge in [0.2, 0.25) is 11.0 Å². The van der Waals surface area contributed by atoms with Crippen LogP contribution in [0.15, 0.2) is 48.5 Å². The quantitative estimate of drug-likeness (QED) is 0.564. The average Bonchev–Trinajstić information content (AvgIpc) is 3.10. The maximum Gasteiger partial charge on any atom is 0.241 e. The molecule has 0 atom stereocenters. The maximum absolute atomic E-state index is 12.2. The lowest BCUT2D eigenvalue weighted by molar-refractivity contribution is -0.113. The lowest BCUT2D eigenvalue weighted by Crippen LogP contribution is -2.23. The Morgan fingerprint density at radius 3 is 2.38 bits per heavy atom. The van der Waals surface area contributed by atoms with Crippen LogP contribution in [0.2, 0.25) is 5.02 Å². The number of methoxy groups -OCH3 is 1. The van der Waals surface area contributed by atoms with Crippen molar-refractivity contribution in [2.75, 3.05) is 18.2 Å². The van der Waals surface area contributed by atoms with E-state index in [1.165, 1.54) is 11.3 Å². The van der Waals surface area contributed by atoms with Crippen molar-refractivity contribution in [3.8, 4) is 5.75 Å². The summed E-state index contributed by atoms with van der Waals surface area (Å²) in [5.74, 6) is -0.760. The van der Waals surface area contributed by atoms with Crippen molar-refractivity contribution in [3.63, 3.8) is 0 Å². The van der Waals surface area contributed by atoms with Crippen LogP contribution >= 0.6 is 22.9 Å². The van der Waals surface area contributed by atoms with Gasteiger partial charge in [0.15, 0.2) is 9.84 Å². The van der Waals surface area contributed by atoms with Crippen LogP contribution in [0.25, 0.3) is 0 Å². The highest BCUT2D eigenvalue weighted by molar-refractivity contribution is 7.91. The summed E-state index contributed by atoms with van der Waals surface area (Å²) in [6.45, 7) is 0. The molecule has 0 aliphatic carbocycles. The van der Waals surface area contributed by atoms with E-state index in [-0.39, 0.29) is 10.9 Å². The Morgan fingerprint density at radius 2 is 1.72 bits per heavy atom. The van der Waals surface area contributed by atoms with Gasteiger partial charge >= 0.3 is 0 Å². The molecule has 1 heterocycles. The number of ether oxygens (including phenoxy) is 1. The number of aromatic nitrogens is 2. The van der Waals surface area contributed by atoms with Gasteiger partial charge in [-0.25, -0.2) is 8.42 Å². The van der Waals surface area contributed by atoms with Crippen molar-refractivity contribution in [2.45, 2.75) is 12.2 Å². The molecule has 3 rings (SSSR count). The molecule has 2 aromatic carbocycles. The Labute approximate surface area is 177 Å². The minimum Gasteiger partial charge on any atom is -0.497 e. The Hall–Kier alpha value is -2.49. The van der Waals surface area contributed by atoms with Gasteiger partial charge in [-0.15, -0.1) is 10.2 Å². The van der Waals surface area contributed by atoms with E-state index in [1.807, 2.05) is 24.3 Å². The number of rotatable bonds is 8. The highest BCUT2D eigenvalue weighted by atomic mass is 35.5. The van der Waals surface area contributed by atoms with E-state index in [0.717, 1.165) is 11.3 Å². The predicted octanol–water partition coefficient (Wildman–Crippen LogP) is 3.34. The molecular formula is C19H18ClN3O4S2. The van der Waals surface area contributed by atoms with Gasteiger partial charge < -0.3 is 4.74 Å². The molecule has 152 valence electrons. The molecule has 29 heavy (non-hydrogen) atoms. The first-order chi connectivity index (χ1) is 13.8. The maximum atomic E-state index is 12.2. The number of halogens is 1. The lowest BCUT2D eigenvalue weighted by atomic mass is 10.1. The molecule has 0 saturated heterocycles. The van der Waals surface area contributed by atoms with Crippen LogP contribution in [-0.4, -0.2) is 37.4 Å².